The zero-order chi connectivity index (χ0) is 28.2. The van der Waals surface area contributed by atoms with Crippen molar-refractivity contribution >= 4 is 5.91 Å². The minimum atomic E-state index is -4.37. The molecule has 1 aliphatic heterocycles. The first kappa shape index (κ1) is 28.8. The summed E-state index contributed by atoms with van der Waals surface area (Å²) in [6.45, 7) is 5.36. The van der Waals surface area contributed by atoms with Crippen LogP contribution in [0.25, 0.3) is 11.1 Å². The standard InChI is InChI=1S/C31H35F3N2O3/c1-21-16-36(22(2)19-37)30(38)28-11-7-6-10-27(28)26-9-5-4-8-24(26)20-39-29(21)18-35(3)17-23-12-14-25(15-13-23)31(32,33)34/h4-15,21-22,29,37H,16-20H2,1-3H3/t21-,22-,29-/m1/s1. The average molecular weight is 541 g/mol. The smallest absolute Gasteiger partial charge is 0.394 e. The van der Waals surface area contributed by atoms with Crippen LogP contribution in [0.3, 0.4) is 0 Å². The molecule has 0 unspecified atom stereocenters. The van der Waals surface area contributed by atoms with E-state index in [0.29, 0.717) is 31.8 Å². The molecule has 39 heavy (non-hydrogen) atoms. The number of rotatable bonds is 6. The van der Waals surface area contributed by atoms with Crippen LogP contribution in [0.5, 0.6) is 0 Å². The number of aliphatic hydroxyl groups excluding tert-OH is 1. The van der Waals surface area contributed by atoms with Gasteiger partial charge in [0.05, 0.1) is 30.9 Å². The molecule has 0 saturated carbocycles. The Kier molecular flexibility index (Phi) is 9.10. The van der Waals surface area contributed by atoms with Crippen LogP contribution in [0.4, 0.5) is 13.2 Å². The Morgan fingerprint density at radius 2 is 1.62 bits per heavy atom. The summed E-state index contributed by atoms with van der Waals surface area (Å²) in [7, 11) is 1.90. The first-order valence-electron chi connectivity index (χ1n) is 13.1. The predicted molar refractivity (Wildman–Crippen MR) is 145 cm³/mol. The number of alkyl halides is 3. The highest BCUT2D eigenvalue weighted by Crippen LogP contribution is 2.32. The molecule has 0 saturated heterocycles. The molecule has 5 nitrogen and oxygen atoms in total. The molecule has 3 aromatic rings. The number of carbonyl (C=O) groups excluding carboxylic acids is 1. The summed E-state index contributed by atoms with van der Waals surface area (Å²) < 4.78 is 45.4. The number of nitrogens with zero attached hydrogens (tertiary/aromatic N) is 2. The van der Waals surface area contributed by atoms with E-state index < -0.39 is 17.8 Å². The second-order valence-corrected chi connectivity index (χ2v) is 10.4. The Morgan fingerprint density at radius 3 is 2.26 bits per heavy atom. The Balaban J connectivity index is 1.62. The minimum Gasteiger partial charge on any atom is -0.394 e. The van der Waals surface area contributed by atoms with Crippen LogP contribution in [0.2, 0.25) is 0 Å². The zero-order valence-corrected chi connectivity index (χ0v) is 22.5. The summed E-state index contributed by atoms with van der Waals surface area (Å²) in [5.74, 6) is -0.233. The van der Waals surface area contributed by atoms with E-state index in [1.54, 1.807) is 4.90 Å². The number of carbonyl (C=O) groups is 1. The number of ether oxygens (including phenoxy) is 1. The van der Waals surface area contributed by atoms with Gasteiger partial charge in [-0.25, -0.2) is 0 Å². The summed E-state index contributed by atoms with van der Waals surface area (Å²) in [4.78, 5) is 17.6. The van der Waals surface area contributed by atoms with Crippen molar-refractivity contribution in [3.05, 3.63) is 95.1 Å². The van der Waals surface area contributed by atoms with Crippen molar-refractivity contribution in [1.29, 1.82) is 0 Å². The molecule has 208 valence electrons. The van der Waals surface area contributed by atoms with E-state index in [0.717, 1.165) is 34.4 Å². The fraction of sp³-hybridized carbons (Fsp3) is 0.387. The highest BCUT2D eigenvalue weighted by Gasteiger charge is 2.31. The number of halogens is 3. The lowest BCUT2D eigenvalue weighted by Gasteiger charge is -2.35. The predicted octanol–water partition coefficient (Wildman–Crippen LogP) is 5.86. The first-order chi connectivity index (χ1) is 18.6. The zero-order valence-electron chi connectivity index (χ0n) is 22.5. The van der Waals surface area contributed by atoms with Crippen molar-refractivity contribution in [1.82, 2.24) is 9.80 Å². The number of amides is 1. The highest BCUT2D eigenvalue weighted by molar-refractivity contribution is 6.01. The maximum atomic E-state index is 13.9. The van der Waals surface area contributed by atoms with Gasteiger partial charge in [-0.2, -0.15) is 13.2 Å². The summed E-state index contributed by atoms with van der Waals surface area (Å²) in [5, 5.41) is 9.98. The highest BCUT2D eigenvalue weighted by atomic mass is 19.4. The molecule has 3 aromatic carbocycles. The third kappa shape index (κ3) is 6.87. The second kappa shape index (κ2) is 12.3. The van der Waals surface area contributed by atoms with Crippen molar-refractivity contribution in [3.8, 4) is 11.1 Å². The van der Waals surface area contributed by atoms with Crippen LogP contribution in [-0.2, 0) is 24.1 Å². The Morgan fingerprint density at radius 1 is 1.00 bits per heavy atom. The molecule has 1 heterocycles. The third-order valence-corrected chi connectivity index (χ3v) is 7.32. The van der Waals surface area contributed by atoms with E-state index >= 15 is 0 Å². The lowest BCUT2D eigenvalue weighted by molar-refractivity contribution is -0.137. The van der Waals surface area contributed by atoms with Crippen LogP contribution in [-0.4, -0.2) is 59.7 Å². The molecular formula is C31H35F3N2O3. The monoisotopic (exact) mass is 540 g/mol. The molecule has 0 aromatic heterocycles. The topological polar surface area (TPSA) is 53.0 Å². The van der Waals surface area contributed by atoms with Gasteiger partial charge in [0.15, 0.2) is 0 Å². The van der Waals surface area contributed by atoms with Gasteiger partial charge in [-0.15, -0.1) is 0 Å². The van der Waals surface area contributed by atoms with Gasteiger partial charge in [0.25, 0.3) is 5.91 Å². The van der Waals surface area contributed by atoms with Crippen LogP contribution in [0, 0.1) is 5.92 Å². The number of benzene rings is 3. The molecule has 1 N–H and O–H groups in total. The van der Waals surface area contributed by atoms with E-state index in [1.165, 1.54) is 12.1 Å². The fourth-order valence-corrected chi connectivity index (χ4v) is 5.03. The quantitative estimate of drug-likeness (QED) is 0.426. The fourth-order valence-electron chi connectivity index (χ4n) is 5.03. The van der Waals surface area contributed by atoms with Gasteiger partial charge in [-0.05, 0) is 54.4 Å². The van der Waals surface area contributed by atoms with E-state index in [2.05, 4.69) is 0 Å². The molecular weight excluding hydrogens is 505 g/mol. The van der Waals surface area contributed by atoms with E-state index in [1.807, 2.05) is 74.3 Å². The molecule has 1 amide bonds. The molecule has 4 rings (SSSR count). The van der Waals surface area contributed by atoms with Crippen LogP contribution in [0.15, 0.2) is 72.8 Å². The number of hydrogen-bond acceptors (Lipinski definition) is 4. The molecule has 8 heteroatoms. The normalized spacial score (nSPS) is 19.3. The average Bonchev–Trinajstić information content (AvgIpc) is 2.94. The van der Waals surface area contributed by atoms with Crippen molar-refractivity contribution in [2.45, 2.75) is 45.3 Å². The third-order valence-electron chi connectivity index (χ3n) is 7.32. The first-order valence-corrected chi connectivity index (χ1v) is 13.1. The number of aliphatic hydroxyl groups is 1. The Hall–Kier alpha value is -3.20. The largest absolute Gasteiger partial charge is 0.416 e. The van der Waals surface area contributed by atoms with Gasteiger partial charge in [0.2, 0.25) is 0 Å². The summed E-state index contributed by atoms with van der Waals surface area (Å²) in [6, 6.07) is 20.2. The van der Waals surface area contributed by atoms with Crippen LogP contribution in [0.1, 0.15) is 40.9 Å². The van der Waals surface area contributed by atoms with Gasteiger partial charge in [-0.1, -0.05) is 61.5 Å². The van der Waals surface area contributed by atoms with Crippen molar-refractivity contribution in [2.75, 3.05) is 26.7 Å². The van der Waals surface area contributed by atoms with Gasteiger partial charge in [0.1, 0.15) is 0 Å². The molecule has 0 fully saturated rings. The SMILES string of the molecule is C[C@@H]1CN([C@H](C)CO)C(=O)c2ccccc2-c2ccccc2CO[C@@H]1CN(C)Cc1ccc(C(F)(F)F)cc1. The number of fused-ring (bicyclic) bond motifs is 3. The van der Waals surface area contributed by atoms with E-state index in [9.17, 15) is 23.1 Å². The Labute approximate surface area is 227 Å². The molecule has 0 spiro atoms. The number of hydrogen-bond donors (Lipinski definition) is 1. The van der Waals surface area contributed by atoms with E-state index in [4.69, 9.17) is 4.74 Å². The summed E-state index contributed by atoms with van der Waals surface area (Å²) >= 11 is 0. The summed E-state index contributed by atoms with van der Waals surface area (Å²) in [5.41, 5.74) is 3.38. The van der Waals surface area contributed by atoms with Crippen LogP contribution < -0.4 is 0 Å². The van der Waals surface area contributed by atoms with Crippen molar-refractivity contribution in [3.63, 3.8) is 0 Å². The lowest BCUT2D eigenvalue weighted by Crippen LogP contribution is -2.47. The molecule has 0 radical (unpaired) electrons. The summed E-state index contributed by atoms with van der Waals surface area (Å²) in [6.07, 6.45) is -4.65. The lowest BCUT2D eigenvalue weighted by atomic mass is 9.94. The van der Waals surface area contributed by atoms with Crippen LogP contribution >= 0.6 is 0 Å². The molecule has 0 aliphatic carbocycles. The van der Waals surface area contributed by atoms with Gasteiger partial charge < -0.3 is 14.7 Å². The van der Waals surface area contributed by atoms with Crippen molar-refractivity contribution < 1.29 is 27.8 Å². The minimum absolute atomic E-state index is 0.0876. The molecule has 0 bridgehead atoms. The maximum absolute atomic E-state index is 13.9. The van der Waals surface area contributed by atoms with Crippen molar-refractivity contribution in [2.24, 2.45) is 5.92 Å². The van der Waals surface area contributed by atoms with Gasteiger partial charge in [-0.3, -0.25) is 9.69 Å². The van der Waals surface area contributed by atoms with E-state index in [-0.39, 0.29) is 24.5 Å². The second-order valence-electron chi connectivity index (χ2n) is 10.4. The molecule has 3 atom stereocenters. The van der Waals surface area contributed by atoms with Gasteiger partial charge in [0, 0.05) is 31.1 Å². The number of likely N-dealkylation sites (N-methyl/N-ethyl adjacent to an activating group) is 1. The maximum Gasteiger partial charge on any atom is 0.416 e. The molecule has 1 aliphatic rings. The Bertz CT molecular complexity index is 1260. The van der Waals surface area contributed by atoms with Gasteiger partial charge >= 0.3 is 6.18 Å².